The molecule has 2 aromatic rings. The molecule has 0 aliphatic carbocycles. The Bertz CT molecular complexity index is 941. The largest absolute Gasteiger partial charge is 0.385 e. The van der Waals surface area contributed by atoms with E-state index >= 15 is 0 Å². The van der Waals surface area contributed by atoms with Crippen molar-refractivity contribution in [3.05, 3.63) is 52.5 Å². The third kappa shape index (κ3) is 4.43. The van der Waals surface area contributed by atoms with Crippen LogP contribution in [0.1, 0.15) is 12.0 Å². The number of fused-ring (bicyclic) bond motifs is 3. The van der Waals surface area contributed by atoms with E-state index in [0.717, 1.165) is 30.0 Å². The van der Waals surface area contributed by atoms with Crippen molar-refractivity contribution in [3.8, 4) is 0 Å². The van der Waals surface area contributed by atoms with Crippen LogP contribution in [0.2, 0.25) is 0 Å². The second kappa shape index (κ2) is 9.25. The van der Waals surface area contributed by atoms with Gasteiger partial charge in [0.25, 0.3) is 5.69 Å². The predicted octanol–water partition coefficient (Wildman–Crippen LogP) is 1.40. The Morgan fingerprint density at radius 1 is 1.35 bits per heavy atom. The van der Waals surface area contributed by atoms with E-state index < -0.39 is 4.92 Å². The minimum absolute atomic E-state index is 0.0377. The fraction of sp³-hybridized carbons (Fsp3) is 0.476. The Hall–Kier alpha value is -3.27. The zero-order valence-electron chi connectivity index (χ0n) is 17.4. The number of aromatic nitrogens is 2. The van der Waals surface area contributed by atoms with Crippen molar-refractivity contribution in [1.82, 2.24) is 15.3 Å². The SMILES string of the molecule is COCCCNC(=O)[C@H]1Cc2cc([N+](=O)[O-])ccc2N2CCN(c3cnccn3)C[C@@H]12. The van der Waals surface area contributed by atoms with Crippen molar-refractivity contribution in [2.45, 2.75) is 18.9 Å². The van der Waals surface area contributed by atoms with Crippen LogP contribution < -0.4 is 15.1 Å². The van der Waals surface area contributed by atoms with Crippen molar-refractivity contribution >= 4 is 23.1 Å². The maximum atomic E-state index is 13.1. The summed E-state index contributed by atoms with van der Waals surface area (Å²) < 4.78 is 5.06. The van der Waals surface area contributed by atoms with Gasteiger partial charge in [0.05, 0.1) is 23.1 Å². The number of nitro benzene ring substituents is 1. The normalized spacial score (nSPS) is 20.0. The highest BCUT2D eigenvalue weighted by molar-refractivity contribution is 5.82. The second-order valence-corrected chi connectivity index (χ2v) is 7.79. The summed E-state index contributed by atoms with van der Waals surface area (Å²) in [7, 11) is 1.63. The Balaban J connectivity index is 1.60. The van der Waals surface area contributed by atoms with Gasteiger partial charge in [0, 0.05) is 70.1 Å². The molecule has 0 unspecified atom stereocenters. The molecular formula is C21H26N6O4. The lowest BCUT2D eigenvalue weighted by atomic mass is 9.83. The molecule has 2 aliphatic heterocycles. The highest BCUT2D eigenvalue weighted by atomic mass is 16.6. The minimum atomic E-state index is -0.391. The van der Waals surface area contributed by atoms with Gasteiger partial charge < -0.3 is 19.9 Å². The van der Waals surface area contributed by atoms with Crippen molar-refractivity contribution in [2.75, 3.05) is 49.7 Å². The first-order chi connectivity index (χ1) is 15.1. The number of non-ortho nitro benzene ring substituents is 1. The molecule has 3 heterocycles. The first kappa shape index (κ1) is 21.0. The Kier molecular flexibility index (Phi) is 6.26. The van der Waals surface area contributed by atoms with Gasteiger partial charge in [-0.25, -0.2) is 4.98 Å². The van der Waals surface area contributed by atoms with Gasteiger partial charge >= 0.3 is 0 Å². The van der Waals surface area contributed by atoms with Crippen molar-refractivity contribution in [2.24, 2.45) is 5.92 Å². The number of carbonyl (C=O) groups is 1. The summed E-state index contributed by atoms with van der Waals surface area (Å²) in [4.78, 5) is 36.9. The van der Waals surface area contributed by atoms with Crippen LogP contribution in [0.15, 0.2) is 36.8 Å². The average molecular weight is 426 g/mol. The molecule has 1 aromatic carbocycles. The number of anilines is 2. The van der Waals surface area contributed by atoms with Crippen LogP contribution in [0, 0.1) is 16.0 Å². The molecule has 10 nitrogen and oxygen atoms in total. The van der Waals surface area contributed by atoms with Crippen LogP contribution in [-0.4, -0.2) is 66.7 Å². The topological polar surface area (TPSA) is 114 Å². The summed E-state index contributed by atoms with van der Waals surface area (Å²) in [6.07, 6.45) is 6.23. The van der Waals surface area contributed by atoms with E-state index in [1.807, 2.05) is 6.07 Å². The second-order valence-electron chi connectivity index (χ2n) is 7.79. The molecule has 1 aromatic heterocycles. The lowest BCUT2D eigenvalue weighted by molar-refractivity contribution is -0.384. The van der Waals surface area contributed by atoms with Crippen molar-refractivity contribution in [1.29, 1.82) is 0 Å². The molecular weight excluding hydrogens is 400 g/mol. The van der Waals surface area contributed by atoms with Gasteiger partial charge in [-0.2, -0.15) is 0 Å². The summed E-state index contributed by atoms with van der Waals surface area (Å²) in [5.41, 5.74) is 1.86. The number of hydrogen-bond acceptors (Lipinski definition) is 8. The summed E-state index contributed by atoms with van der Waals surface area (Å²) in [6.45, 7) is 3.17. The first-order valence-electron chi connectivity index (χ1n) is 10.4. The lowest BCUT2D eigenvalue weighted by Crippen LogP contribution is -2.61. The number of methoxy groups -OCH3 is 1. The lowest BCUT2D eigenvalue weighted by Gasteiger charge is -2.49. The molecule has 0 saturated carbocycles. The van der Waals surface area contributed by atoms with Gasteiger partial charge in [-0.05, 0) is 24.5 Å². The smallest absolute Gasteiger partial charge is 0.269 e. The molecule has 1 amide bonds. The van der Waals surface area contributed by atoms with E-state index in [9.17, 15) is 14.9 Å². The number of piperazine rings is 1. The molecule has 2 aliphatic rings. The van der Waals surface area contributed by atoms with E-state index in [0.29, 0.717) is 32.7 Å². The van der Waals surface area contributed by atoms with Crippen LogP contribution >= 0.6 is 0 Å². The molecule has 0 bridgehead atoms. The number of nitrogens with zero attached hydrogens (tertiary/aromatic N) is 5. The van der Waals surface area contributed by atoms with Gasteiger partial charge in [-0.15, -0.1) is 0 Å². The Morgan fingerprint density at radius 3 is 2.97 bits per heavy atom. The van der Waals surface area contributed by atoms with E-state index in [2.05, 4.69) is 25.1 Å². The van der Waals surface area contributed by atoms with Gasteiger partial charge in [0.2, 0.25) is 5.91 Å². The third-order valence-electron chi connectivity index (χ3n) is 5.94. The minimum Gasteiger partial charge on any atom is -0.385 e. The van der Waals surface area contributed by atoms with E-state index in [1.165, 1.54) is 6.07 Å². The number of nitrogens with one attached hydrogen (secondary N) is 1. The average Bonchev–Trinajstić information content (AvgIpc) is 2.81. The quantitative estimate of drug-likeness (QED) is 0.402. The van der Waals surface area contributed by atoms with Crippen LogP contribution in [0.4, 0.5) is 17.2 Å². The maximum Gasteiger partial charge on any atom is 0.269 e. The summed E-state index contributed by atoms with van der Waals surface area (Å²) in [5, 5.41) is 14.3. The fourth-order valence-corrected chi connectivity index (χ4v) is 4.44. The molecule has 10 heteroatoms. The number of ether oxygens (including phenoxy) is 1. The van der Waals surface area contributed by atoms with Gasteiger partial charge in [0.15, 0.2) is 0 Å². The summed E-state index contributed by atoms with van der Waals surface area (Å²) in [6, 6.07) is 4.89. The predicted molar refractivity (Wildman–Crippen MR) is 115 cm³/mol. The fourth-order valence-electron chi connectivity index (χ4n) is 4.44. The third-order valence-corrected chi connectivity index (χ3v) is 5.94. The van der Waals surface area contributed by atoms with Gasteiger partial charge in [-0.3, -0.25) is 19.9 Å². The van der Waals surface area contributed by atoms with Crippen LogP contribution in [-0.2, 0) is 16.0 Å². The first-order valence-corrected chi connectivity index (χ1v) is 10.4. The number of rotatable bonds is 7. The molecule has 1 N–H and O–H groups in total. The highest BCUT2D eigenvalue weighted by Gasteiger charge is 2.42. The van der Waals surface area contributed by atoms with Crippen LogP contribution in [0.5, 0.6) is 0 Å². The number of benzene rings is 1. The molecule has 31 heavy (non-hydrogen) atoms. The van der Waals surface area contributed by atoms with Crippen molar-refractivity contribution in [3.63, 3.8) is 0 Å². The number of carbonyl (C=O) groups excluding carboxylic acids is 1. The summed E-state index contributed by atoms with van der Waals surface area (Å²) in [5.74, 6) is 0.427. The highest BCUT2D eigenvalue weighted by Crippen LogP contribution is 2.38. The zero-order valence-corrected chi connectivity index (χ0v) is 17.4. The molecule has 0 spiro atoms. The molecule has 2 atom stereocenters. The number of amides is 1. The van der Waals surface area contributed by atoms with Gasteiger partial charge in [-0.1, -0.05) is 0 Å². The molecule has 164 valence electrons. The maximum absolute atomic E-state index is 13.1. The Labute approximate surface area is 180 Å². The van der Waals surface area contributed by atoms with E-state index in [4.69, 9.17) is 4.74 Å². The zero-order chi connectivity index (χ0) is 21.8. The Morgan fingerprint density at radius 2 is 2.23 bits per heavy atom. The van der Waals surface area contributed by atoms with Gasteiger partial charge in [0.1, 0.15) is 5.82 Å². The molecule has 4 rings (SSSR count). The molecule has 1 saturated heterocycles. The van der Waals surface area contributed by atoms with E-state index in [1.54, 1.807) is 31.8 Å². The van der Waals surface area contributed by atoms with Crippen molar-refractivity contribution < 1.29 is 14.5 Å². The number of hydrogen-bond donors (Lipinski definition) is 1. The number of nitro groups is 1. The molecule has 1 fully saturated rings. The standard InChI is InChI=1S/C21H26N6O4/c1-31-10-2-5-24-21(28)17-12-15-11-16(27(29)30)3-4-18(15)26-9-8-25(14-19(17)26)20-13-22-6-7-23-20/h3-4,6-7,11,13,17,19H,2,5,8-10,12,14H2,1H3,(H,24,28)/t17-,19-/m0/s1. The summed E-state index contributed by atoms with van der Waals surface area (Å²) >= 11 is 0. The molecule has 0 radical (unpaired) electrons. The van der Waals surface area contributed by atoms with Crippen LogP contribution in [0.3, 0.4) is 0 Å². The van der Waals surface area contributed by atoms with Crippen LogP contribution in [0.25, 0.3) is 0 Å². The van der Waals surface area contributed by atoms with E-state index in [-0.39, 0.29) is 23.6 Å². The monoisotopic (exact) mass is 426 g/mol.